The number of benzene rings is 2. The van der Waals surface area contributed by atoms with E-state index in [1.165, 1.54) is 11.8 Å². The molecule has 3 rings (SSSR count). The second kappa shape index (κ2) is 9.12. The molecular formula is C20H21ClN4O2S. The lowest BCUT2D eigenvalue weighted by molar-refractivity contribution is -0.113. The number of amides is 1. The molecule has 3 aromatic rings. The molecule has 0 unspecified atom stereocenters. The summed E-state index contributed by atoms with van der Waals surface area (Å²) in [4.78, 5) is 12.3. The van der Waals surface area contributed by atoms with Crippen LogP contribution in [0.5, 0.6) is 5.75 Å². The fourth-order valence-electron chi connectivity index (χ4n) is 2.46. The second-order valence-corrected chi connectivity index (χ2v) is 7.73. The van der Waals surface area contributed by atoms with Crippen molar-refractivity contribution in [3.8, 4) is 5.75 Å². The van der Waals surface area contributed by atoms with Crippen molar-refractivity contribution in [3.05, 3.63) is 64.4 Å². The normalized spacial score (nSPS) is 10.7. The lowest BCUT2D eigenvalue weighted by atomic mass is 10.1. The third-order valence-corrected chi connectivity index (χ3v) is 5.38. The Morgan fingerprint density at radius 2 is 1.93 bits per heavy atom. The van der Waals surface area contributed by atoms with Gasteiger partial charge in [-0.15, -0.1) is 10.2 Å². The van der Waals surface area contributed by atoms with Crippen LogP contribution in [0.1, 0.15) is 17.0 Å². The molecule has 0 radical (unpaired) electrons. The van der Waals surface area contributed by atoms with Crippen molar-refractivity contribution < 1.29 is 9.53 Å². The predicted molar refractivity (Wildman–Crippen MR) is 112 cm³/mol. The molecule has 0 atom stereocenters. The van der Waals surface area contributed by atoms with E-state index in [2.05, 4.69) is 15.5 Å². The molecule has 0 aliphatic rings. The zero-order valence-corrected chi connectivity index (χ0v) is 17.5. The standard InChI is InChI=1S/C20H21ClN4O2S/c1-13-4-5-14(2)17(10-13)22-19(26)12-28-20-24-23-18(25(20)3)11-27-16-8-6-15(21)7-9-16/h4-10H,11-12H2,1-3H3,(H,22,26). The highest BCUT2D eigenvalue weighted by atomic mass is 35.5. The van der Waals surface area contributed by atoms with Crippen molar-refractivity contribution in [2.24, 2.45) is 7.05 Å². The van der Waals surface area contributed by atoms with E-state index in [1.54, 1.807) is 24.3 Å². The Balaban J connectivity index is 1.54. The molecular weight excluding hydrogens is 396 g/mol. The maximum Gasteiger partial charge on any atom is 0.234 e. The number of carbonyl (C=O) groups excluding carboxylic acids is 1. The zero-order chi connectivity index (χ0) is 20.1. The van der Waals surface area contributed by atoms with E-state index >= 15 is 0 Å². The van der Waals surface area contributed by atoms with Crippen LogP contribution in [0.25, 0.3) is 0 Å². The first-order chi connectivity index (χ1) is 13.4. The summed E-state index contributed by atoms with van der Waals surface area (Å²) in [5, 5.41) is 12.6. The highest BCUT2D eigenvalue weighted by molar-refractivity contribution is 7.99. The highest BCUT2D eigenvalue weighted by Gasteiger charge is 2.13. The van der Waals surface area contributed by atoms with Gasteiger partial charge in [-0.2, -0.15) is 0 Å². The Morgan fingerprint density at radius 3 is 2.68 bits per heavy atom. The number of hydrogen-bond acceptors (Lipinski definition) is 5. The van der Waals surface area contributed by atoms with Gasteiger partial charge in [-0.25, -0.2) is 0 Å². The SMILES string of the molecule is Cc1ccc(C)c(NC(=O)CSc2nnc(COc3ccc(Cl)cc3)n2C)c1. The first-order valence-corrected chi connectivity index (χ1v) is 10.1. The summed E-state index contributed by atoms with van der Waals surface area (Å²) in [5.41, 5.74) is 2.97. The van der Waals surface area contributed by atoms with Gasteiger partial charge in [0.05, 0.1) is 5.75 Å². The van der Waals surface area contributed by atoms with Gasteiger partial charge < -0.3 is 14.6 Å². The summed E-state index contributed by atoms with van der Waals surface area (Å²) >= 11 is 7.20. The molecule has 0 fully saturated rings. The molecule has 0 aliphatic heterocycles. The molecule has 0 bridgehead atoms. The van der Waals surface area contributed by atoms with Crippen molar-refractivity contribution in [2.45, 2.75) is 25.6 Å². The van der Waals surface area contributed by atoms with Crippen molar-refractivity contribution in [1.82, 2.24) is 14.8 Å². The Hall–Kier alpha value is -2.51. The Kier molecular flexibility index (Phi) is 6.59. The van der Waals surface area contributed by atoms with Gasteiger partial charge in [-0.05, 0) is 55.3 Å². The molecule has 1 amide bonds. The molecule has 0 aliphatic carbocycles. The van der Waals surface area contributed by atoms with E-state index < -0.39 is 0 Å². The Labute approximate surface area is 173 Å². The van der Waals surface area contributed by atoms with Gasteiger partial charge in [0.2, 0.25) is 5.91 Å². The minimum absolute atomic E-state index is 0.0827. The van der Waals surface area contributed by atoms with E-state index in [0.29, 0.717) is 21.8 Å². The van der Waals surface area contributed by atoms with Crippen molar-refractivity contribution in [3.63, 3.8) is 0 Å². The number of hydrogen-bond donors (Lipinski definition) is 1. The number of ether oxygens (including phenoxy) is 1. The molecule has 1 aromatic heterocycles. The number of anilines is 1. The van der Waals surface area contributed by atoms with Gasteiger partial charge in [0, 0.05) is 17.8 Å². The smallest absolute Gasteiger partial charge is 0.234 e. The average Bonchev–Trinajstić information content (AvgIpc) is 3.02. The van der Waals surface area contributed by atoms with Gasteiger partial charge in [0.25, 0.3) is 0 Å². The summed E-state index contributed by atoms with van der Waals surface area (Å²) in [5.74, 6) is 1.54. The first kappa shape index (κ1) is 20.2. The van der Waals surface area contributed by atoms with Gasteiger partial charge in [-0.3, -0.25) is 4.79 Å². The van der Waals surface area contributed by atoms with Crippen LogP contribution in [0, 0.1) is 13.8 Å². The van der Waals surface area contributed by atoms with Crippen LogP contribution in [-0.4, -0.2) is 26.4 Å². The lowest BCUT2D eigenvalue weighted by Crippen LogP contribution is -2.15. The Morgan fingerprint density at radius 1 is 1.18 bits per heavy atom. The molecule has 0 saturated heterocycles. The fourth-order valence-corrected chi connectivity index (χ4v) is 3.32. The topological polar surface area (TPSA) is 69.0 Å². The predicted octanol–water partition coefficient (Wildman–Crippen LogP) is 4.40. The molecule has 0 spiro atoms. The first-order valence-electron chi connectivity index (χ1n) is 8.69. The minimum atomic E-state index is -0.0827. The van der Waals surface area contributed by atoms with Gasteiger partial charge in [0.15, 0.2) is 11.0 Å². The largest absolute Gasteiger partial charge is 0.486 e. The number of nitrogens with zero attached hydrogens (tertiary/aromatic N) is 3. The number of carbonyl (C=O) groups is 1. The third kappa shape index (κ3) is 5.27. The summed E-state index contributed by atoms with van der Waals surface area (Å²) in [6.07, 6.45) is 0. The van der Waals surface area contributed by atoms with Crippen molar-refractivity contribution in [2.75, 3.05) is 11.1 Å². The van der Waals surface area contributed by atoms with Crippen LogP contribution in [-0.2, 0) is 18.4 Å². The van der Waals surface area contributed by atoms with Crippen LogP contribution in [0.2, 0.25) is 5.02 Å². The van der Waals surface area contributed by atoms with E-state index in [-0.39, 0.29) is 18.3 Å². The summed E-state index contributed by atoms with van der Waals surface area (Å²) in [6.45, 7) is 4.25. The number of thioether (sulfide) groups is 1. The summed E-state index contributed by atoms with van der Waals surface area (Å²) in [6, 6.07) is 13.1. The van der Waals surface area contributed by atoms with E-state index in [4.69, 9.17) is 16.3 Å². The number of aromatic nitrogens is 3. The molecule has 6 nitrogen and oxygen atoms in total. The van der Waals surface area contributed by atoms with Crippen molar-refractivity contribution in [1.29, 1.82) is 0 Å². The molecule has 8 heteroatoms. The van der Waals surface area contributed by atoms with E-state index in [0.717, 1.165) is 16.8 Å². The summed E-state index contributed by atoms with van der Waals surface area (Å²) < 4.78 is 7.52. The minimum Gasteiger partial charge on any atom is -0.486 e. The maximum atomic E-state index is 12.3. The van der Waals surface area contributed by atoms with E-state index in [9.17, 15) is 4.79 Å². The third-order valence-electron chi connectivity index (χ3n) is 4.11. The molecule has 28 heavy (non-hydrogen) atoms. The molecule has 1 heterocycles. The van der Waals surface area contributed by atoms with E-state index in [1.807, 2.05) is 43.7 Å². The highest BCUT2D eigenvalue weighted by Crippen LogP contribution is 2.20. The van der Waals surface area contributed by atoms with Crippen LogP contribution in [0.15, 0.2) is 47.6 Å². The quantitative estimate of drug-likeness (QED) is 0.578. The number of halogens is 1. The van der Waals surface area contributed by atoms with Crippen LogP contribution in [0.4, 0.5) is 5.69 Å². The fraction of sp³-hybridized carbons (Fsp3) is 0.250. The maximum absolute atomic E-state index is 12.3. The van der Waals surface area contributed by atoms with Gasteiger partial charge >= 0.3 is 0 Å². The molecule has 0 saturated carbocycles. The summed E-state index contributed by atoms with van der Waals surface area (Å²) in [7, 11) is 1.85. The second-order valence-electron chi connectivity index (χ2n) is 6.36. The molecule has 146 valence electrons. The van der Waals surface area contributed by atoms with Gasteiger partial charge in [0.1, 0.15) is 12.4 Å². The van der Waals surface area contributed by atoms with Crippen LogP contribution < -0.4 is 10.1 Å². The number of aryl methyl sites for hydroxylation is 2. The number of rotatable bonds is 7. The van der Waals surface area contributed by atoms with Crippen molar-refractivity contribution >= 4 is 35.0 Å². The van der Waals surface area contributed by atoms with Crippen LogP contribution in [0.3, 0.4) is 0 Å². The van der Waals surface area contributed by atoms with Crippen LogP contribution >= 0.6 is 23.4 Å². The van der Waals surface area contributed by atoms with Gasteiger partial charge in [-0.1, -0.05) is 35.5 Å². The molecule has 2 aromatic carbocycles. The zero-order valence-electron chi connectivity index (χ0n) is 15.9. The Bertz CT molecular complexity index is 973. The lowest BCUT2D eigenvalue weighted by Gasteiger charge is -2.09. The number of nitrogens with one attached hydrogen (secondary N) is 1. The average molecular weight is 417 g/mol. The molecule has 1 N–H and O–H groups in total. The monoisotopic (exact) mass is 416 g/mol.